The van der Waals surface area contributed by atoms with E-state index in [4.69, 9.17) is 0 Å². The zero-order valence-electron chi connectivity index (χ0n) is 13.4. The highest BCUT2D eigenvalue weighted by Crippen LogP contribution is 2.27. The zero-order valence-corrected chi connectivity index (χ0v) is 13.4. The number of non-ortho nitro benzene ring substituents is 1. The summed E-state index contributed by atoms with van der Waals surface area (Å²) < 4.78 is 0. The minimum atomic E-state index is -0.452. The molecule has 8 nitrogen and oxygen atoms in total. The van der Waals surface area contributed by atoms with E-state index in [1.165, 1.54) is 23.4 Å². The van der Waals surface area contributed by atoms with Crippen molar-refractivity contribution in [1.29, 1.82) is 5.26 Å². The van der Waals surface area contributed by atoms with E-state index in [0.29, 0.717) is 17.5 Å². The van der Waals surface area contributed by atoms with Crippen molar-refractivity contribution < 1.29 is 4.92 Å². The van der Waals surface area contributed by atoms with Gasteiger partial charge in [-0.2, -0.15) is 5.26 Å². The predicted octanol–water partition coefficient (Wildman–Crippen LogP) is 2.82. The van der Waals surface area contributed by atoms with Gasteiger partial charge in [-0.15, -0.1) is 15.0 Å². The molecule has 0 radical (unpaired) electrons. The van der Waals surface area contributed by atoms with Crippen molar-refractivity contribution in [1.82, 2.24) is 15.0 Å². The van der Waals surface area contributed by atoms with Gasteiger partial charge in [0.05, 0.1) is 10.6 Å². The number of nitro benzene ring substituents is 1. The minimum absolute atomic E-state index is 0.00807. The van der Waals surface area contributed by atoms with E-state index >= 15 is 0 Å². The summed E-state index contributed by atoms with van der Waals surface area (Å²) >= 11 is 0. The maximum atomic E-state index is 10.7. The number of nitriles is 1. The molecule has 1 aromatic heterocycles. The first-order valence-corrected chi connectivity index (χ1v) is 8.03. The number of rotatable bonds is 4. The van der Waals surface area contributed by atoms with Crippen molar-refractivity contribution in [3.8, 4) is 11.8 Å². The maximum absolute atomic E-state index is 10.7. The van der Waals surface area contributed by atoms with Crippen LogP contribution in [0, 0.1) is 21.4 Å². The van der Waals surface area contributed by atoms with E-state index < -0.39 is 4.92 Å². The van der Waals surface area contributed by atoms with Crippen LogP contribution in [0.4, 0.5) is 11.5 Å². The van der Waals surface area contributed by atoms with Crippen LogP contribution in [-0.2, 0) is 0 Å². The Labute approximate surface area is 139 Å². The SMILES string of the molecule is CC[C@@H]1CCCCN1c1nn(-c2ccc([N+](=O)[O-])cc2)nc1C#N. The standard InChI is InChI=1S/C16H18N6O2/c1-2-12-5-3-4-10-20(12)16-15(11-17)18-21(19-16)13-6-8-14(9-7-13)22(23)24/h6-9,12H,2-5,10H2,1H3/t12-/m1/s1. The van der Waals surface area contributed by atoms with Gasteiger partial charge >= 0.3 is 0 Å². The predicted molar refractivity (Wildman–Crippen MR) is 88.0 cm³/mol. The number of piperidine rings is 1. The molecular weight excluding hydrogens is 308 g/mol. The zero-order chi connectivity index (χ0) is 17.1. The number of nitro groups is 1. The molecule has 2 aromatic rings. The molecule has 1 saturated heterocycles. The minimum Gasteiger partial charge on any atom is -0.350 e. The van der Waals surface area contributed by atoms with Crippen molar-refractivity contribution in [3.63, 3.8) is 0 Å². The largest absolute Gasteiger partial charge is 0.350 e. The van der Waals surface area contributed by atoms with Gasteiger partial charge in [0.2, 0.25) is 5.69 Å². The summed E-state index contributed by atoms with van der Waals surface area (Å²) in [5.74, 6) is 0.599. The molecule has 0 aliphatic carbocycles. The molecule has 1 aliphatic heterocycles. The van der Waals surface area contributed by atoms with E-state index in [1.54, 1.807) is 12.1 Å². The summed E-state index contributed by atoms with van der Waals surface area (Å²) in [4.78, 5) is 13.8. The molecule has 1 atom stereocenters. The van der Waals surface area contributed by atoms with Crippen molar-refractivity contribution in [2.75, 3.05) is 11.4 Å². The molecule has 1 aromatic carbocycles. The molecular formula is C16H18N6O2. The number of hydrogen-bond acceptors (Lipinski definition) is 6. The fourth-order valence-electron chi connectivity index (χ4n) is 3.09. The first kappa shape index (κ1) is 15.9. The Balaban J connectivity index is 1.95. The lowest BCUT2D eigenvalue weighted by molar-refractivity contribution is -0.384. The first-order chi connectivity index (χ1) is 11.6. The van der Waals surface area contributed by atoms with Gasteiger partial charge in [-0.25, -0.2) is 0 Å². The number of nitrogens with zero attached hydrogens (tertiary/aromatic N) is 6. The monoisotopic (exact) mass is 326 g/mol. The molecule has 0 bridgehead atoms. The van der Waals surface area contributed by atoms with Crippen LogP contribution in [-0.4, -0.2) is 32.5 Å². The molecule has 0 unspecified atom stereocenters. The van der Waals surface area contributed by atoms with Crippen LogP contribution in [0.25, 0.3) is 5.69 Å². The van der Waals surface area contributed by atoms with Crippen LogP contribution in [0.2, 0.25) is 0 Å². The third kappa shape index (κ3) is 2.93. The van der Waals surface area contributed by atoms with E-state index in [9.17, 15) is 15.4 Å². The summed E-state index contributed by atoms with van der Waals surface area (Å²) in [5.41, 5.74) is 0.885. The highest BCUT2D eigenvalue weighted by atomic mass is 16.6. The quantitative estimate of drug-likeness (QED) is 0.632. The van der Waals surface area contributed by atoms with Crippen LogP contribution in [0.1, 0.15) is 38.3 Å². The molecule has 124 valence electrons. The molecule has 1 fully saturated rings. The Hall–Kier alpha value is -2.95. The van der Waals surface area contributed by atoms with Gasteiger partial charge in [-0.3, -0.25) is 10.1 Å². The Kier molecular flexibility index (Phi) is 4.42. The number of anilines is 1. The van der Waals surface area contributed by atoms with Gasteiger partial charge in [-0.05, 0) is 37.8 Å². The molecule has 2 heterocycles. The van der Waals surface area contributed by atoms with Gasteiger partial charge in [0, 0.05) is 24.7 Å². The normalized spacial score (nSPS) is 17.5. The summed E-state index contributed by atoms with van der Waals surface area (Å²) in [7, 11) is 0. The molecule has 0 N–H and O–H groups in total. The molecule has 8 heteroatoms. The van der Waals surface area contributed by atoms with Crippen molar-refractivity contribution in [2.24, 2.45) is 0 Å². The number of aromatic nitrogens is 3. The third-order valence-corrected chi connectivity index (χ3v) is 4.36. The van der Waals surface area contributed by atoms with Crippen molar-refractivity contribution in [3.05, 3.63) is 40.1 Å². The Morgan fingerprint density at radius 1 is 1.33 bits per heavy atom. The average Bonchev–Trinajstić information content (AvgIpc) is 3.06. The van der Waals surface area contributed by atoms with Crippen LogP contribution < -0.4 is 4.90 Å². The van der Waals surface area contributed by atoms with Crippen LogP contribution in [0.3, 0.4) is 0 Å². The molecule has 1 aliphatic rings. The Morgan fingerprint density at radius 2 is 2.08 bits per heavy atom. The third-order valence-electron chi connectivity index (χ3n) is 4.36. The van der Waals surface area contributed by atoms with Crippen molar-refractivity contribution >= 4 is 11.5 Å². The van der Waals surface area contributed by atoms with Crippen LogP contribution in [0.15, 0.2) is 24.3 Å². The van der Waals surface area contributed by atoms with Gasteiger partial charge < -0.3 is 4.90 Å². The maximum Gasteiger partial charge on any atom is 0.269 e. The highest BCUT2D eigenvalue weighted by molar-refractivity contribution is 5.51. The van der Waals surface area contributed by atoms with Crippen molar-refractivity contribution in [2.45, 2.75) is 38.6 Å². The van der Waals surface area contributed by atoms with Gasteiger partial charge in [0.25, 0.3) is 5.69 Å². The van der Waals surface area contributed by atoms with Gasteiger partial charge in [-0.1, -0.05) is 6.92 Å². The fraction of sp³-hybridized carbons (Fsp3) is 0.438. The fourth-order valence-corrected chi connectivity index (χ4v) is 3.09. The smallest absolute Gasteiger partial charge is 0.269 e. The number of hydrogen-bond donors (Lipinski definition) is 0. The summed E-state index contributed by atoms with van der Waals surface area (Å²) in [6, 6.07) is 8.45. The van der Waals surface area contributed by atoms with E-state index in [-0.39, 0.29) is 11.4 Å². The molecule has 0 amide bonds. The molecule has 3 rings (SSSR count). The second-order valence-electron chi connectivity index (χ2n) is 5.80. The van der Waals surface area contributed by atoms with E-state index in [0.717, 1.165) is 25.8 Å². The lowest BCUT2D eigenvalue weighted by atomic mass is 10.00. The van der Waals surface area contributed by atoms with Crippen LogP contribution in [0.5, 0.6) is 0 Å². The molecule has 0 saturated carbocycles. The van der Waals surface area contributed by atoms with Crippen LogP contribution >= 0.6 is 0 Å². The molecule has 24 heavy (non-hydrogen) atoms. The lowest BCUT2D eigenvalue weighted by Gasteiger charge is -2.35. The summed E-state index contributed by atoms with van der Waals surface area (Å²) in [6.07, 6.45) is 4.35. The topological polar surface area (TPSA) is 101 Å². The molecule has 0 spiro atoms. The highest BCUT2D eigenvalue weighted by Gasteiger charge is 2.27. The Morgan fingerprint density at radius 3 is 2.71 bits per heavy atom. The van der Waals surface area contributed by atoms with Gasteiger partial charge in [0.15, 0.2) is 5.82 Å². The summed E-state index contributed by atoms with van der Waals surface area (Å²) in [5, 5.41) is 28.9. The lowest BCUT2D eigenvalue weighted by Crippen LogP contribution is -2.39. The summed E-state index contributed by atoms with van der Waals surface area (Å²) in [6.45, 7) is 3.00. The van der Waals surface area contributed by atoms with E-state index in [2.05, 4.69) is 28.1 Å². The first-order valence-electron chi connectivity index (χ1n) is 8.03. The second kappa shape index (κ2) is 6.66. The average molecular weight is 326 g/mol. The Bertz CT molecular complexity index is 777. The van der Waals surface area contributed by atoms with Gasteiger partial charge in [0.1, 0.15) is 6.07 Å². The second-order valence-corrected chi connectivity index (χ2v) is 5.80. The number of benzene rings is 1. The van der Waals surface area contributed by atoms with E-state index in [1.807, 2.05) is 0 Å².